The molecule has 4 aliphatic rings. The highest BCUT2D eigenvalue weighted by molar-refractivity contribution is 5.92. The summed E-state index contributed by atoms with van der Waals surface area (Å²) in [6.07, 6.45) is -2.01. The zero-order valence-electron chi connectivity index (χ0n) is 38.5. The Hall–Kier alpha value is -6.20. The van der Waals surface area contributed by atoms with E-state index in [0.29, 0.717) is 104 Å². The molecule has 0 spiro atoms. The van der Waals surface area contributed by atoms with Crippen molar-refractivity contribution in [1.29, 1.82) is 0 Å². The van der Waals surface area contributed by atoms with Crippen LogP contribution in [0.5, 0.6) is 17.5 Å². The van der Waals surface area contributed by atoms with Crippen molar-refractivity contribution in [3.8, 4) is 17.5 Å². The highest BCUT2D eigenvalue weighted by Gasteiger charge is 2.47. The standard InChI is InChI=1S/C50H56F4N8O5/c1-32-20-36(60(26-33-8-12-38(64-4)13-9-33)27-34-10-14-39(65-5)15-11-34)21-40(45(32)50(52,53)54)44-23-42-41(30-66-44)46(59-17-7-19-62-37(29-59)22-43(57-62)47(63)58(2)3)56-48(55-42)67-31-49-16-6-18-61(49)28-35(24-49)25-51/h8-15,20-22,25,44H,6-7,16-19,23-24,26-31H2,1-5H3/b35-25-/t44?,49-/m0/s1. The molecule has 6 heterocycles. The zero-order valence-corrected chi connectivity index (χ0v) is 38.5. The van der Waals surface area contributed by atoms with Gasteiger partial charge >= 0.3 is 12.2 Å². The fourth-order valence-electron chi connectivity index (χ4n) is 10.1. The molecule has 0 aliphatic carbocycles. The molecule has 67 heavy (non-hydrogen) atoms. The summed E-state index contributed by atoms with van der Waals surface area (Å²) in [5, 5.41) is 4.62. The number of methoxy groups -OCH3 is 2. The monoisotopic (exact) mass is 924 g/mol. The topological polar surface area (TPSA) is 111 Å². The van der Waals surface area contributed by atoms with Crippen LogP contribution in [-0.4, -0.2) is 95.6 Å². The number of fused-ring (bicyclic) bond motifs is 3. The number of aromatic nitrogens is 4. The van der Waals surface area contributed by atoms with Gasteiger partial charge in [0.25, 0.3) is 5.91 Å². The maximum absolute atomic E-state index is 15.4. The number of nitrogens with zero attached hydrogens (tertiary/aromatic N) is 8. The Kier molecular flexibility index (Phi) is 12.9. The van der Waals surface area contributed by atoms with Crippen LogP contribution in [0.1, 0.15) is 87.0 Å². The summed E-state index contributed by atoms with van der Waals surface area (Å²) in [5.74, 6) is 1.74. The Morgan fingerprint density at radius 3 is 2.27 bits per heavy atom. The lowest BCUT2D eigenvalue weighted by molar-refractivity contribution is -0.140. The summed E-state index contributed by atoms with van der Waals surface area (Å²) in [6, 6.07) is 20.4. The number of rotatable bonds is 13. The van der Waals surface area contributed by atoms with Crippen molar-refractivity contribution in [3.05, 3.63) is 129 Å². The normalized spacial score (nSPS) is 20.0. The Morgan fingerprint density at radius 1 is 0.925 bits per heavy atom. The number of benzene rings is 3. The number of alkyl halides is 3. The second kappa shape index (κ2) is 18.8. The molecular weight excluding hydrogens is 869 g/mol. The summed E-state index contributed by atoms with van der Waals surface area (Å²) in [6.45, 7) is 5.34. The lowest BCUT2D eigenvalue weighted by Crippen LogP contribution is -2.43. The summed E-state index contributed by atoms with van der Waals surface area (Å²) in [4.78, 5) is 30.8. The van der Waals surface area contributed by atoms with Gasteiger partial charge < -0.3 is 33.6 Å². The van der Waals surface area contributed by atoms with Gasteiger partial charge in [-0.05, 0) is 109 Å². The molecule has 9 rings (SSSR count). The van der Waals surface area contributed by atoms with Crippen LogP contribution in [0.3, 0.4) is 0 Å². The summed E-state index contributed by atoms with van der Waals surface area (Å²) in [7, 11) is 6.56. The largest absolute Gasteiger partial charge is 0.497 e. The fourth-order valence-corrected chi connectivity index (χ4v) is 10.1. The molecule has 0 radical (unpaired) electrons. The van der Waals surface area contributed by atoms with Gasteiger partial charge in [-0.25, -0.2) is 4.39 Å². The molecule has 0 saturated carbocycles. The molecule has 2 atom stereocenters. The molecule has 13 nitrogen and oxygen atoms in total. The highest BCUT2D eigenvalue weighted by Crippen LogP contribution is 2.45. The van der Waals surface area contributed by atoms with Gasteiger partial charge in [-0.15, -0.1) is 0 Å². The van der Waals surface area contributed by atoms with Crippen LogP contribution in [0.2, 0.25) is 0 Å². The van der Waals surface area contributed by atoms with Crippen molar-refractivity contribution in [1.82, 2.24) is 29.5 Å². The molecular formula is C50H56F4N8O5. The Bertz CT molecular complexity index is 2590. The van der Waals surface area contributed by atoms with Gasteiger partial charge in [0, 0.05) is 64.5 Å². The van der Waals surface area contributed by atoms with Gasteiger partial charge in [0.05, 0.1) is 62.3 Å². The van der Waals surface area contributed by atoms with E-state index in [4.69, 9.17) is 28.9 Å². The lowest BCUT2D eigenvalue weighted by atomic mass is 9.91. The predicted molar refractivity (Wildman–Crippen MR) is 244 cm³/mol. The van der Waals surface area contributed by atoms with Crippen molar-refractivity contribution in [2.75, 3.05) is 64.4 Å². The number of hydrogen-bond donors (Lipinski definition) is 0. The number of carbonyl (C=O) groups is 1. The molecule has 2 fully saturated rings. The second-order valence-electron chi connectivity index (χ2n) is 18.2. The minimum Gasteiger partial charge on any atom is -0.497 e. The van der Waals surface area contributed by atoms with E-state index in [1.54, 1.807) is 46.5 Å². The van der Waals surface area contributed by atoms with Gasteiger partial charge in [-0.1, -0.05) is 24.3 Å². The third-order valence-corrected chi connectivity index (χ3v) is 13.5. The molecule has 1 unspecified atom stereocenters. The molecule has 4 aliphatic heterocycles. The van der Waals surface area contributed by atoms with Gasteiger partial charge in [0.2, 0.25) is 0 Å². The third-order valence-electron chi connectivity index (χ3n) is 13.5. The van der Waals surface area contributed by atoms with Crippen molar-refractivity contribution in [2.45, 2.75) is 89.6 Å². The average Bonchev–Trinajstić information content (AvgIpc) is 3.97. The molecule has 1 amide bonds. The molecule has 0 N–H and O–H groups in total. The molecule has 2 saturated heterocycles. The van der Waals surface area contributed by atoms with Gasteiger partial charge in [0.15, 0.2) is 5.69 Å². The number of anilines is 2. The number of carbonyl (C=O) groups excluding carboxylic acids is 1. The Labute approximate surface area is 387 Å². The van der Waals surface area contributed by atoms with E-state index >= 15 is 13.2 Å². The quantitative estimate of drug-likeness (QED) is 0.106. The summed E-state index contributed by atoms with van der Waals surface area (Å²) < 4.78 is 85.6. The first kappa shape index (κ1) is 45.9. The van der Waals surface area contributed by atoms with E-state index in [-0.39, 0.29) is 42.7 Å². The van der Waals surface area contributed by atoms with Crippen LogP contribution in [-0.2, 0) is 50.1 Å². The molecule has 17 heteroatoms. The van der Waals surface area contributed by atoms with Crippen LogP contribution in [0.4, 0.5) is 29.1 Å². The number of halogens is 4. The molecule has 3 aromatic carbocycles. The van der Waals surface area contributed by atoms with E-state index in [1.807, 2.05) is 53.2 Å². The lowest BCUT2D eigenvalue weighted by Gasteiger charge is -2.34. The van der Waals surface area contributed by atoms with Crippen LogP contribution in [0.15, 0.2) is 78.6 Å². The predicted octanol–water partition coefficient (Wildman–Crippen LogP) is 8.62. The van der Waals surface area contributed by atoms with Crippen LogP contribution in [0, 0.1) is 6.92 Å². The molecule has 2 aromatic heterocycles. The van der Waals surface area contributed by atoms with Crippen molar-refractivity contribution in [3.63, 3.8) is 0 Å². The van der Waals surface area contributed by atoms with Crippen LogP contribution >= 0.6 is 0 Å². The van der Waals surface area contributed by atoms with Crippen molar-refractivity contribution in [2.24, 2.45) is 0 Å². The third kappa shape index (κ3) is 9.53. The molecule has 0 bridgehead atoms. The maximum Gasteiger partial charge on any atom is 0.417 e. The van der Waals surface area contributed by atoms with Crippen molar-refractivity contribution < 1.29 is 41.3 Å². The maximum atomic E-state index is 15.4. The molecule has 5 aromatic rings. The second-order valence-corrected chi connectivity index (χ2v) is 18.2. The zero-order chi connectivity index (χ0) is 47.0. The first-order chi connectivity index (χ1) is 32.2. The van der Waals surface area contributed by atoms with Crippen molar-refractivity contribution >= 4 is 17.4 Å². The average molecular weight is 925 g/mol. The fraction of sp³-hybridized carbons (Fsp3) is 0.440. The van der Waals surface area contributed by atoms with E-state index in [0.717, 1.165) is 36.2 Å². The van der Waals surface area contributed by atoms with Gasteiger partial charge in [-0.2, -0.15) is 28.2 Å². The smallest absolute Gasteiger partial charge is 0.417 e. The van der Waals surface area contributed by atoms with Crippen LogP contribution < -0.4 is 24.0 Å². The Morgan fingerprint density at radius 2 is 1.63 bits per heavy atom. The van der Waals surface area contributed by atoms with E-state index in [1.165, 1.54) is 11.8 Å². The van der Waals surface area contributed by atoms with E-state index < -0.39 is 23.4 Å². The Balaban J connectivity index is 1.09. The van der Waals surface area contributed by atoms with Gasteiger partial charge in [-0.3, -0.25) is 14.4 Å². The van der Waals surface area contributed by atoms with E-state index in [2.05, 4.69) is 19.8 Å². The first-order valence-corrected chi connectivity index (χ1v) is 22.7. The van der Waals surface area contributed by atoms with Gasteiger partial charge in [0.1, 0.15) is 23.9 Å². The number of ether oxygens (including phenoxy) is 4. The number of hydrogen-bond acceptors (Lipinski definition) is 11. The molecule has 354 valence electrons. The SMILES string of the molecule is COc1ccc(CN(Cc2ccc(OC)cc2)c2cc(C)c(C(F)(F)F)c(C3Cc4nc(OC[C@@]56CCCN5C/C(=C\F)C6)nc(N5CCCn6nc(C(=O)N(C)C)cc6C5)c4CO3)c2)cc1. The minimum absolute atomic E-state index is 0.0130. The summed E-state index contributed by atoms with van der Waals surface area (Å²) in [5.41, 5.74) is 4.48. The minimum atomic E-state index is -4.69. The van der Waals surface area contributed by atoms with E-state index in [9.17, 15) is 9.18 Å². The first-order valence-electron chi connectivity index (χ1n) is 22.7. The number of aryl methyl sites for hydroxylation is 2. The number of amides is 1. The highest BCUT2D eigenvalue weighted by atomic mass is 19.4. The van der Waals surface area contributed by atoms with Crippen LogP contribution in [0.25, 0.3) is 0 Å². The summed E-state index contributed by atoms with van der Waals surface area (Å²) >= 11 is 0.